The van der Waals surface area contributed by atoms with E-state index in [1.54, 1.807) is 0 Å². The largest absolute Gasteiger partial charge is 0.489 e. The second-order valence-corrected chi connectivity index (χ2v) is 13.4. The Balaban J connectivity index is 1.45. The lowest BCUT2D eigenvalue weighted by atomic mass is 9.34. The molecule has 0 aromatic heterocycles. The van der Waals surface area contributed by atoms with E-state index in [2.05, 4.69) is 33.0 Å². The van der Waals surface area contributed by atoms with Gasteiger partial charge in [0.1, 0.15) is 11.7 Å². The molecule has 4 bridgehead atoms. The first-order valence-electron chi connectivity index (χ1n) is 13.3. The van der Waals surface area contributed by atoms with Gasteiger partial charge in [-0.1, -0.05) is 22.0 Å². The van der Waals surface area contributed by atoms with Gasteiger partial charge in [0, 0.05) is 47.3 Å². The van der Waals surface area contributed by atoms with Crippen molar-refractivity contribution in [1.29, 1.82) is 0 Å². The average molecular weight is 533 g/mol. The van der Waals surface area contributed by atoms with Crippen molar-refractivity contribution in [3.63, 3.8) is 0 Å². The lowest BCUT2D eigenvalue weighted by Gasteiger charge is -2.75. The van der Waals surface area contributed by atoms with Gasteiger partial charge in [0.15, 0.2) is 11.5 Å². The molecule has 4 saturated carbocycles. The Morgan fingerprint density at radius 2 is 2.06 bits per heavy atom. The van der Waals surface area contributed by atoms with Crippen LogP contribution in [0.2, 0.25) is 0 Å². The summed E-state index contributed by atoms with van der Waals surface area (Å²) >= 11 is 3.51. The van der Waals surface area contributed by atoms with E-state index >= 15 is 0 Å². The number of hydrogen-bond donors (Lipinski definition) is 1. The number of ether oxygens (including phenoxy) is 3. The summed E-state index contributed by atoms with van der Waals surface area (Å²) in [6.07, 6.45) is 8.04. The molecule has 1 saturated heterocycles. The van der Waals surface area contributed by atoms with Crippen LogP contribution in [-0.2, 0) is 16.6 Å². The maximum Gasteiger partial charge on any atom is 0.165 e. The van der Waals surface area contributed by atoms with Crippen LogP contribution in [0.4, 0.5) is 0 Å². The van der Waals surface area contributed by atoms with Gasteiger partial charge in [0.25, 0.3) is 0 Å². The van der Waals surface area contributed by atoms with Gasteiger partial charge in [-0.05, 0) is 82.9 Å². The van der Waals surface area contributed by atoms with Crippen LogP contribution in [0.1, 0.15) is 63.5 Å². The molecule has 2 spiro atoms. The van der Waals surface area contributed by atoms with Crippen molar-refractivity contribution < 1.29 is 19.3 Å². The van der Waals surface area contributed by atoms with Crippen molar-refractivity contribution in [3.05, 3.63) is 23.3 Å². The number of hydrogen-bond acceptors (Lipinski definition) is 5. The Bertz CT molecular complexity index is 1020. The Kier molecular flexibility index (Phi) is 4.70. The number of fused-ring (bicyclic) bond motifs is 2. The molecule has 0 unspecified atom stereocenters. The van der Waals surface area contributed by atoms with Gasteiger partial charge in [-0.3, -0.25) is 4.90 Å². The molecule has 5 fully saturated rings. The number of likely N-dealkylation sites (tertiary alicyclic amines) is 1. The Morgan fingerprint density at radius 1 is 1.24 bits per heavy atom. The zero-order chi connectivity index (χ0) is 23.5. The van der Waals surface area contributed by atoms with Crippen molar-refractivity contribution in [3.8, 4) is 11.5 Å². The molecule has 0 amide bonds. The van der Waals surface area contributed by atoms with Crippen molar-refractivity contribution in [1.82, 2.24) is 4.90 Å². The van der Waals surface area contributed by atoms with E-state index in [9.17, 15) is 5.11 Å². The van der Waals surface area contributed by atoms with Gasteiger partial charge < -0.3 is 19.3 Å². The summed E-state index contributed by atoms with van der Waals surface area (Å²) in [4.78, 5) is 2.85. The van der Waals surface area contributed by atoms with E-state index in [4.69, 9.17) is 14.2 Å². The second-order valence-electron chi connectivity index (χ2n) is 12.6. The standard InChI is InChI=1S/C28H38BrNO4/c1-25(2,31)20-15-26-8-9-28(20,32-3)24-27(26)10-12-30(16-17-4-5-17)21(26)14-18-6-7-19(33-13-11-29)23(34-24)22(18)27/h6-7,17,20-21,24,31H,4-5,8-16H2,1-3H3/t20-,21-,24-,26-,27+,28+/m1/s1. The summed E-state index contributed by atoms with van der Waals surface area (Å²) in [5.74, 6) is 2.78. The van der Waals surface area contributed by atoms with Crippen molar-refractivity contribution in [2.24, 2.45) is 17.3 Å². The van der Waals surface area contributed by atoms with Crippen molar-refractivity contribution >= 4 is 15.9 Å². The lowest BCUT2D eigenvalue weighted by Crippen LogP contribution is -2.82. The minimum Gasteiger partial charge on any atom is -0.489 e. The zero-order valence-electron chi connectivity index (χ0n) is 20.7. The molecule has 5 nitrogen and oxygen atoms in total. The van der Waals surface area contributed by atoms with E-state index in [0.29, 0.717) is 12.6 Å². The van der Waals surface area contributed by atoms with Gasteiger partial charge in [-0.15, -0.1) is 0 Å². The summed E-state index contributed by atoms with van der Waals surface area (Å²) in [6.45, 7) is 6.98. The number of alkyl halides is 1. The monoisotopic (exact) mass is 531 g/mol. The maximum absolute atomic E-state index is 11.5. The highest BCUT2D eigenvalue weighted by Gasteiger charge is 2.81. The van der Waals surface area contributed by atoms with Gasteiger partial charge in [-0.25, -0.2) is 0 Å². The van der Waals surface area contributed by atoms with Gasteiger partial charge >= 0.3 is 0 Å². The van der Waals surface area contributed by atoms with E-state index in [0.717, 1.165) is 61.4 Å². The molecule has 34 heavy (non-hydrogen) atoms. The summed E-state index contributed by atoms with van der Waals surface area (Å²) < 4.78 is 19.8. The first-order valence-corrected chi connectivity index (χ1v) is 14.5. The summed E-state index contributed by atoms with van der Waals surface area (Å²) in [6, 6.07) is 4.98. The van der Waals surface area contributed by atoms with Crippen LogP contribution in [0.3, 0.4) is 0 Å². The van der Waals surface area contributed by atoms with Gasteiger partial charge in [-0.2, -0.15) is 0 Å². The smallest absolute Gasteiger partial charge is 0.165 e. The van der Waals surface area contributed by atoms with Crippen LogP contribution < -0.4 is 9.47 Å². The molecule has 186 valence electrons. The Hall–Kier alpha value is -0.820. The fraction of sp³-hybridized carbons (Fsp3) is 0.786. The lowest BCUT2D eigenvalue weighted by molar-refractivity contribution is -0.300. The molecule has 6 atom stereocenters. The van der Waals surface area contributed by atoms with Gasteiger partial charge in [0.2, 0.25) is 0 Å². The molecule has 8 rings (SSSR count). The number of piperidine rings is 1. The average Bonchev–Trinajstić information content (AvgIpc) is 3.56. The SMILES string of the molecule is CO[C@@]12CC[C@@]3(C[C@@H]1C(C)(C)O)[C@H]1Cc4ccc(OCCBr)c5c4[C@@]3(CCN1CC1CC1)[C@H]2O5. The number of benzene rings is 1. The number of nitrogens with zero attached hydrogens (tertiary/aromatic N) is 1. The third-order valence-electron chi connectivity index (χ3n) is 10.8. The Labute approximate surface area is 211 Å². The third-order valence-corrected chi connectivity index (χ3v) is 11.2. The molecule has 6 heteroatoms. The normalized spacial score (nSPS) is 41.9. The van der Waals surface area contributed by atoms with Crippen LogP contribution in [0, 0.1) is 17.3 Å². The number of rotatable bonds is 7. The van der Waals surface area contributed by atoms with Crippen molar-refractivity contribution in [2.75, 3.05) is 32.1 Å². The minimum absolute atomic E-state index is 0.0445. The van der Waals surface area contributed by atoms with E-state index in [1.165, 1.54) is 30.5 Å². The van der Waals surface area contributed by atoms with Crippen LogP contribution in [0.5, 0.6) is 11.5 Å². The summed E-state index contributed by atoms with van der Waals surface area (Å²) in [5, 5.41) is 12.3. The molecule has 2 aliphatic heterocycles. The molecule has 1 aromatic rings. The van der Waals surface area contributed by atoms with Crippen molar-refractivity contribution in [2.45, 2.75) is 87.6 Å². The number of aliphatic hydroxyl groups is 1. The minimum atomic E-state index is -0.825. The highest BCUT2D eigenvalue weighted by atomic mass is 79.9. The predicted molar refractivity (Wildman–Crippen MR) is 134 cm³/mol. The fourth-order valence-corrected chi connectivity index (χ4v) is 9.64. The third kappa shape index (κ3) is 2.57. The molecule has 0 radical (unpaired) electrons. The maximum atomic E-state index is 11.5. The van der Waals surface area contributed by atoms with Gasteiger partial charge in [0.05, 0.1) is 12.2 Å². The van der Waals surface area contributed by atoms with Crippen LogP contribution >= 0.6 is 15.9 Å². The molecule has 2 heterocycles. The molecular weight excluding hydrogens is 494 g/mol. The Morgan fingerprint density at radius 3 is 2.76 bits per heavy atom. The molecule has 5 aliphatic carbocycles. The topological polar surface area (TPSA) is 51.2 Å². The van der Waals surface area contributed by atoms with Crippen LogP contribution in [0.15, 0.2) is 12.1 Å². The summed E-state index contributed by atoms with van der Waals surface area (Å²) in [5.41, 5.74) is 1.64. The zero-order valence-corrected chi connectivity index (χ0v) is 22.3. The predicted octanol–water partition coefficient (Wildman–Crippen LogP) is 4.46. The van der Waals surface area contributed by atoms with E-state index < -0.39 is 11.2 Å². The first-order chi connectivity index (χ1) is 16.3. The molecular formula is C28H38BrNO4. The molecule has 1 aromatic carbocycles. The van der Waals surface area contributed by atoms with Crippen LogP contribution in [0.25, 0.3) is 0 Å². The number of methoxy groups -OCH3 is 1. The highest BCUT2D eigenvalue weighted by molar-refractivity contribution is 9.09. The fourth-order valence-electron chi connectivity index (χ4n) is 9.48. The molecule has 7 aliphatic rings. The van der Waals surface area contributed by atoms with Crippen LogP contribution in [-0.4, -0.2) is 65.5 Å². The first kappa shape index (κ1) is 22.4. The molecule has 1 N–H and O–H groups in total. The van der Waals surface area contributed by atoms with E-state index in [-0.39, 0.29) is 22.9 Å². The summed E-state index contributed by atoms with van der Waals surface area (Å²) in [7, 11) is 1.85. The number of halogens is 1. The quantitative estimate of drug-likeness (QED) is 0.526. The second kappa shape index (κ2) is 7.14. The van der Waals surface area contributed by atoms with E-state index in [1.807, 2.05) is 21.0 Å². The highest BCUT2D eigenvalue weighted by Crippen LogP contribution is 2.77.